The minimum Gasteiger partial charge on any atom is -0.378 e. The minimum atomic E-state index is -0.495. The van der Waals surface area contributed by atoms with Gasteiger partial charge in [-0.3, -0.25) is 14.9 Å². The van der Waals surface area contributed by atoms with Gasteiger partial charge in [-0.2, -0.15) is 0 Å². The molecule has 0 atom stereocenters. The minimum absolute atomic E-state index is 0.111. The topological polar surface area (TPSA) is 84.7 Å². The van der Waals surface area contributed by atoms with E-state index in [1.54, 1.807) is 12.1 Å². The van der Waals surface area contributed by atoms with Crippen LogP contribution < -0.4 is 10.2 Å². The molecule has 3 rings (SSSR count). The van der Waals surface area contributed by atoms with E-state index in [1.165, 1.54) is 12.1 Å². The second-order valence-electron chi connectivity index (χ2n) is 5.97. The zero-order chi connectivity index (χ0) is 18.7. The highest BCUT2D eigenvalue weighted by molar-refractivity contribution is 9.10. The molecule has 2 aromatic carbocycles. The van der Waals surface area contributed by atoms with Crippen LogP contribution in [0.25, 0.3) is 0 Å². The second kappa shape index (κ2) is 7.84. The molecular weight excluding hydrogens is 402 g/mol. The molecule has 1 fully saturated rings. The maximum atomic E-state index is 12.9. The van der Waals surface area contributed by atoms with Crippen LogP contribution in [0, 0.1) is 17.0 Å². The van der Waals surface area contributed by atoms with Gasteiger partial charge in [0.2, 0.25) is 0 Å². The number of anilines is 2. The molecule has 0 aromatic heterocycles. The highest BCUT2D eigenvalue weighted by Crippen LogP contribution is 2.28. The molecule has 0 unspecified atom stereocenters. The van der Waals surface area contributed by atoms with Crippen LogP contribution in [0.5, 0.6) is 0 Å². The Balaban J connectivity index is 1.95. The van der Waals surface area contributed by atoms with Crippen LogP contribution in [0.1, 0.15) is 15.9 Å². The van der Waals surface area contributed by atoms with Gasteiger partial charge in [0.25, 0.3) is 11.6 Å². The van der Waals surface area contributed by atoms with E-state index >= 15 is 0 Å². The SMILES string of the molecule is Cc1cc(Br)ccc1NC(=O)c1cc([N+](=O)[O-])ccc1N1CCOCC1. The number of hydrogen-bond donors (Lipinski definition) is 1. The molecule has 26 heavy (non-hydrogen) atoms. The van der Waals surface area contributed by atoms with Gasteiger partial charge in [-0.25, -0.2) is 0 Å². The van der Waals surface area contributed by atoms with E-state index in [1.807, 2.05) is 24.0 Å². The number of benzene rings is 2. The van der Waals surface area contributed by atoms with Crippen molar-refractivity contribution in [3.05, 3.63) is 62.1 Å². The molecule has 1 aliphatic heterocycles. The van der Waals surface area contributed by atoms with E-state index < -0.39 is 4.92 Å². The maximum absolute atomic E-state index is 12.9. The Hall–Kier alpha value is -2.45. The summed E-state index contributed by atoms with van der Waals surface area (Å²) in [5.41, 5.74) is 2.40. The van der Waals surface area contributed by atoms with E-state index in [2.05, 4.69) is 21.2 Å². The van der Waals surface area contributed by atoms with E-state index in [0.717, 1.165) is 10.0 Å². The van der Waals surface area contributed by atoms with Crippen molar-refractivity contribution < 1.29 is 14.5 Å². The van der Waals surface area contributed by atoms with Gasteiger partial charge in [-0.1, -0.05) is 15.9 Å². The van der Waals surface area contributed by atoms with Crippen molar-refractivity contribution in [1.29, 1.82) is 0 Å². The predicted octanol–water partition coefficient (Wildman–Crippen LogP) is 3.75. The standard InChI is InChI=1S/C18H18BrN3O4/c1-12-10-13(19)2-4-16(12)20-18(23)15-11-14(22(24)25)3-5-17(15)21-6-8-26-9-7-21/h2-5,10-11H,6-9H2,1H3,(H,20,23). The monoisotopic (exact) mass is 419 g/mol. The van der Waals surface area contributed by atoms with Gasteiger partial charge in [-0.15, -0.1) is 0 Å². The third-order valence-electron chi connectivity index (χ3n) is 4.22. The summed E-state index contributed by atoms with van der Waals surface area (Å²) < 4.78 is 6.27. The summed E-state index contributed by atoms with van der Waals surface area (Å²) in [4.78, 5) is 25.5. The molecule has 8 heteroatoms. The Morgan fingerprint density at radius 2 is 1.96 bits per heavy atom. The van der Waals surface area contributed by atoms with Crippen molar-refractivity contribution >= 4 is 38.9 Å². The van der Waals surface area contributed by atoms with Crippen molar-refractivity contribution in [2.24, 2.45) is 0 Å². The summed E-state index contributed by atoms with van der Waals surface area (Å²) in [6.45, 7) is 4.27. The molecule has 136 valence electrons. The van der Waals surface area contributed by atoms with Crippen LogP contribution in [0.3, 0.4) is 0 Å². The van der Waals surface area contributed by atoms with E-state index in [-0.39, 0.29) is 17.2 Å². The number of aryl methyl sites for hydroxylation is 1. The summed E-state index contributed by atoms with van der Waals surface area (Å²) in [5, 5.41) is 14.0. The molecule has 7 nitrogen and oxygen atoms in total. The number of rotatable bonds is 4. The number of halogens is 1. The summed E-state index contributed by atoms with van der Waals surface area (Å²) >= 11 is 3.39. The van der Waals surface area contributed by atoms with Gasteiger partial charge in [-0.05, 0) is 36.8 Å². The molecule has 1 amide bonds. The van der Waals surface area contributed by atoms with Crippen molar-refractivity contribution in [3.8, 4) is 0 Å². The maximum Gasteiger partial charge on any atom is 0.270 e. The smallest absolute Gasteiger partial charge is 0.270 e. The summed E-state index contributed by atoms with van der Waals surface area (Å²) in [5.74, 6) is -0.374. The summed E-state index contributed by atoms with van der Waals surface area (Å²) in [6.07, 6.45) is 0. The van der Waals surface area contributed by atoms with Gasteiger partial charge >= 0.3 is 0 Å². The Labute approximate surface area is 159 Å². The lowest BCUT2D eigenvalue weighted by Gasteiger charge is -2.30. The number of amides is 1. The first-order valence-corrected chi connectivity index (χ1v) is 8.93. The molecule has 2 aromatic rings. The molecule has 1 heterocycles. The normalized spacial score (nSPS) is 14.2. The van der Waals surface area contributed by atoms with Crippen molar-refractivity contribution in [2.75, 3.05) is 36.5 Å². The Morgan fingerprint density at radius 1 is 1.23 bits per heavy atom. The third-order valence-corrected chi connectivity index (χ3v) is 4.72. The highest BCUT2D eigenvalue weighted by Gasteiger charge is 2.22. The summed E-state index contributed by atoms with van der Waals surface area (Å²) in [7, 11) is 0. The molecule has 0 radical (unpaired) electrons. The molecule has 0 saturated carbocycles. The van der Waals surface area contributed by atoms with Crippen LogP contribution in [-0.2, 0) is 4.74 Å². The van der Waals surface area contributed by atoms with Gasteiger partial charge in [0.15, 0.2) is 0 Å². The lowest BCUT2D eigenvalue weighted by Crippen LogP contribution is -2.37. The number of ether oxygens (including phenoxy) is 1. The van der Waals surface area contributed by atoms with Crippen LogP contribution in [0.2, 0.25) is 0 Å². The molecule has 0 spiro atoms. The number of nitro groups is 1. The number of nitrogens with zero attached hydrogens (tertiary/aromatic N) is 2. The van der Waals surface area contributed by atoms with E-state index in [9.17, 15) is 14.9 Å². The van der Waals surface area contributed by atoms with Crippen molar-refractivity contribution in [1.82, 2.24) is 0 Å². The average Bonchev–Trinajstić information content (AvgIpc) is 2.64. The molecule has 1 saturated heterocycles. The lowest BCUT2D eigenvalue weighted by molar-refractivity contribution is -0.384. The Bertz CT molecular complexity index is 850. The number of non-ortho nitro benzene ring substituents is 1. The van der Waals surface area contributed by atoms with E-state index in [0.29, 0.717) is 37.7 Å². The number of carbonyl (C=O) groups excluding carboxylic acids is 1. The van der Waals surface area contributed by atoms with Crippen molar-refractivity contribution in [2.45, 2.75) is 6.92 Å². The fraction of sp³-hybridized carbons (Fsp3) is 0.278. The Morgan fingerprint density at radius 3 is 2.62 bits per heavy atom. The zero-order valence-electron chi connectivity index (χ0n) is 14.2. The Kier molecular flexibility index (Phi) is 5.53. The number of hydrogen-bond acceptors (Lipinski definition) is 5. The summed E-state index contributed by atoms with van der Waals surface area (Å²) in [6, 6.07) is 9.90. The van der Waals surface area contributed by atoms with Gasteiger partial charge in [0.1, 0.15) is 0 Å². The lowest BCUT2D eigenvalue weighted by atomic mass is 10.1. The molecule has 0 aliphatic carbocycles. The molecule has 0 bridgehead atoms. The van der Waals surface area contributed by atoms with Crippen LogP contribution >= 0.6 is 15.9 Å². The highest BCUT2D eigenvalue weighted by atomic mass is 79.9. The van der Waals surface area contributed by atoms with Crippen molar-refractivity contribution in [3.63, 3.8) is 0 Å². The largest absolute Gasteiger partial charge is 0.378 e. The number of nitro benzene ring substituents is 1. The fourth-order valence-electron chi connectivity index (χ4n) is 2.86. The first kappa shape index (κ1) is 18.3. The first-order chi connectivity index (χ1) is 12.5. The van der Waals surface area contributed by atoms with Crippen LogP contribution in [0.15, 0.2) is 40.9 Å². The fourth-order valence-corrected chi connectivity index (χ4v) is 3.33. The zero-order valence-corrected chi connectivity index (χ0v) is 15.8. The van der Waals surface area contributed by atoms with Gasteiger partial charge in [0, 0.05) is 35.4 Å². The van der Waals surface area contributed by atoms with Gasteiger partial charge in [0.05, 0.1) is 29.4 Å². The molecular formula is C18H18BrN3O4. The number of morpholine rings is 1. The third kappa shape index (κ3) is 4.03. The predicted molar refractivity (Wildman–Crippen MR) is 103 cm³/mol. The first-order valence-electron chi connectivity index (χ1n) is 8.14. The quantitative estimate of drug-likeness (QED) is 0.602. The number of carbonyl (C=O) groups is 1. The van der Waals surface area contributed by atoms with Crippen LogP contribution in [-0.4, -0.2) is 37.1 Å². The second-order valence-corrected chi connectivity index (χ2v) is 6.89. The van der Waals surface area contributed by atoms with Crippen LogP contribution in [0.4, 0.5) is 17.1 Å². The molecule has 1 N–H and O–H groups in total. The van der Waals surface area contributed by atoms with E-state index in [4.69, 9.17) is 4.74 Å². The number of nitrogens with one attached hydrogen (secondary N) is 1. The molecule has 1 aliphatic rings. The average molecular weight is 420 g/mol. The van der Waals surface area contributed by atoms with Gasteiger partial charge < -0.3 is 15.0 Å².